The maximum absolute atomic E-state index is 12.5. The molecule has 8 heteroatoms. The number of nitrogens with zero attached hydrogens (tertiary/aromatic N) is 1. The van der Waals surface area contributed by atoms with Crippen molar-refractivity contribution in [3.05, 3.63) is 54.2 Å². The van der Waals surface area contributed by atoms with Gasteiger partial charge in [-0.1, -0.05) is 0 Å². The summed E-state index contributed by atoms with van der Waals surface area (Å²) in [4.78, 5) is 12.5. The summed E-state index contributed by atoms with van der Waals surface area (Å²) in [5.41, 5.74) is 1.44. The predicted octanol–water partition coefficient (Wildman–Crippen LogP) is 4.14. The molecule has 6 nitrogen and oxygen atoms in total. The van der Waals surface area contributed by atoms with Crippen molar-refractivity contribution in [2.45, 2.75) is 6.54 Å². The minimum absolute atomic E-state index is 0.0106. The van der Waals surface area contributed by atoms with E-state index in [4.69, 9.17) is 14.2 Å². The summed E-state index contributed by atoms with van der Waals surface area (Å²) in [5, 5.41) is 12.2. The van der Waals surface area contributed by atoms with Gasteiger partial charge >= 0.3 is 0 Å². The zero-order valence-electron chi connectivity index (χ0n) is 15.5. The van der Waals surface area contributed by atoms with Crippen LogP contribution in [0.25, 0.3) is 6.08 Å². The molecule has 0 atom stereocenters. The molecule has 0 spiro atoms. The summed E-state index contributed by atoms with van der Waals surface area (Å²) in [6.45, 7) is 0.214. The molecular formula is C20H18I2N2O4. The molecule has 28 heavy (non-hydrogen) atoms. The molecule has 2 aromatic carbocycles. The smallest absolute Gasteiger partial charge is 0.262 e. The minimum atomic E-state index is -0.476. The van der Waals surface area contributed by atoms with Gasteiger partial charge in [0.05, 0.1) is 24.9 Å². The first-order chi connectivity index (χ1) is 13.4. The molecule has 0 radical (unpaired) electrons. The van der Waals surface area contributed by atoms with Crippen LogP contribution in [0.4, 0.5) is 0 Å². The van der Waals surface area contributed by atoms with Gasteiger partial charge in [0.25, 0.3) is 5.91 Å². The van der Waals surface area contributed by atoms with Gasteiger partial charge in [-0.05, 0) is 75.5 Å². The van der Waals surface area contributed by atoms with E-state index in [2.05, 4.69) is 50.5 Å². The number of benzene rings is 2. The third kappa shape index (κ3) is 5.51. The van der Waals surface area contributed by atoms with Gasteiger partial charge in [-0.25, -0.2) is 0 Å². The van der Waals surface area contributed by atoms with Crippen molar-refractivity contribution < 1.29 is 19.0 Å². The molecular weight excluding hydrogens is 586 g/mol. The Kier molecular flexibility index (Phi) is 8.37. The first-order valence-corrected chi connectivity index (χ1v) is 10.2. The number of carbonyl (C=O) groups excluding carboxylic acids is 1. The van der Waals surface area contributed by atoms with E-state index < -0.39 is 5.91 Å². The van der Waals surface area contributed by atoms with Crippen molar-refractivity contribution in [1.29, 1.82) is 5.26 Å². The number of ether oxygens (including phenoxy) is 3. The van der Waals surface area contributed by atoms with Gasteiger partial charge < -0.3 is 19.5 Å². The monoisotopic (exact) mass is 604 g/mol. The number of methoxy groups -OCH3 is 3. The molecule has 0 aliphatic carbocycles. The second kappa shape index (κ2) is 10.5. The zero-order chi connectivity index (χ0) is 20.7. The van der Waals surface area contributed by atoms with Crippen molar-refractivity contribution in [2.75, 3.05) is 21.3 Å². The average Bonchev–Trinajstić information content (AvgIpc) is 2.69. The Labute approximate surface area is 191 Å². The van der Waals surface area contributed by atoms with E-state index in [9.17, 15) is 10.1 Å². The van der Waals surface area contributed by atoms with Crippen LogP contribution in [-0.4, -0.2) is 27.2 Å². The molecule has 0 heterocycles. The molecule has 0 bridgehead atoms. The summed E-state index contributed by atoms with van der Waals surface area (Å²) in [6, 6.07) is 11.1. The summed E-state index contributed by atoms with van der Waals surface area (Å²) in [6.07, 6.45) is 1.53. The van der Waals surface area contributed by atoms with E-state index in [0.717, 1.165) is 12.7 Å². The van der Waals surface area contributed by atoms with Crippen LogP contribution < -0.4 is 19.5 Å². The maximum Gasteiger partial charge on any atom is 0.262 e. The van der Waals surface area contributed by atoms with Gasteiger partial charge in [-0.2, -0.15) is 5.26 Å². The lowest BCUT2D eigenvalue weighted by molar-refractivity contribution is -0.117. The maximum atomic E-state index is 12.5. The van der Waals surface area contributed by atoms with Crippen LogP contribution in [-0.2, 0) is 11.3 Å². The van der Waals surface area contributed by atoms with Gasteiger partial charge in [-0.3, -0.25) is 4.79 Å². The number of rotatable bonds is 7. The highest BCUT2D eigenvalue weighted by molar-refractivity contribution is 14.1. The zero-order valence-corrected chi connectivity index (χ0v) is 19.8. The van der Waals surface area contributed by atoms with Gasteiger partial charge in [0.1, 0.15) is 28.9 Å². The molecule has 0 aromatic heterocycles. The first-order valence-electron chi connectivity index (χ1n) is 8.07. The SMILES string of the molecule is COc1ccc(CNC(=O)/C(C#N)=C/c2cc(I)cc(I)c2OC)c(OC)c1. The van der Waals surface area contributed by atoms with Crippen LogP contribution in [0, 0.1) is 18.5 Å². The molecule has 0 saturated carbocycles. The van der Waals surface area contributed by atoms with Crippen LogP contribution in [0.15, 0.2) is 35.9 Å². The number of hydrogen-bond donors (Lipinski definition) is 1. The van der Waals surface area contributed by atoms with Gasteiger partial charge in [0.2, 0.25) is 0 Å². The van der Waals surface area contributed by atoms with Crippen molar-refractivity contribution >= 4 is 57.2 Å². The topological polar surface area (TPSA) is 80.6 Å². The average molecular weight is 604 g/mol. The third-order valence-corrected chi connectivity index (χ3v) is 5.26. The van der Waals surface area contributed by atoms with Crippen molar-refractivity contribution in [3.63, 3.8) is 0 Å². The lowest BCUT2D eigenvalue weighted by Gasteiger charge is -2.12. The Bertz CT molecular complexity index is 952. The van der Waals surface area contributed by atoms with Gasteiger partial charge in [-0.15, -0.1) is 0 Å². The second-order valence-electron chi connectivity index (χ2n) is 5.54. The second-order valence-corrected chi connectivity index (χ2v) is 7.95. The summed E-state index contributed by atoms with van der Waals surface area (Å²) in [7, 11) is 4.68. The van der Waals surface area contributed by atoms with Gasteiger partial charge in [0, 0.05) is 27.3 Å². The highest BCUT2D eigenvalue weighted by atomic mass is 127. The number of hydrogen-bond acceptors (Lipinski definition) is 5. The van der Waals surface area contributed by atoms with E-state index in [1.54, 1.807) is 39.5 Å². The van der Waals surface area contributed by atoms with Crippen LogP contribution in [0.3, 0.4) is 0 Å². The molecule has 2 rings (SSSR count). The molecule has 0 aliphatic rings. The predicted molar refractivity (Wildman–Crippen MR) is 123 cm³/mol. The normalized spacial score (nSPS) is 10.8. The fraction of sp³-hybridized carbons (Fsp3) is 0.200. The molecule has 0 unspecified atom stereocenters. The molecule has 1 amide bonds. The number of amides is 1. The molecule has 0 aliphatic heterocycles. The van der Waals surface area contributed by atoms with Crippen molar-refractivity contribution in [3.8, 4) is 23.3 Å². The van der Waals surface area contributed by atoms with E-state index in [-0.39, 0.29) is 12.1 Å². The number of nitriles is 1. The molecule has 0 saturated heterocycles. The summed E-state index contributed by atoms with van der Waals surface area (Å²) in [5.74, 6) is 1.40. The van der Waals surface area contributed by atoms with Gasteiger partial charge in [0.15, 0.2) is 0 Å². The summed E-state index contributed by atoms with van der Waals surface area (Å²) >= 11 is 4.34. The Morgan fingerprint density at radius 1 is 1.14 bits per heavy atom. The van der Waals surface area contributed by atoms with Crippen molar-refractivity contribution in [1.82, 2.24) is 5.32 Å². The Morgan fingerprint density at radius 3 is 2.50 bits per heavy atom. The highest BCUT2D eigenvalue weighted by Gasteiger charge is 2.14. The van der Waals surface area contributed by atoms with Crippen LogP contribution >= 0.6 is 45.2 Å². The van der Waals surface area contributed by atoms with E-state index in [0.29, 0.717) is 22.8 Å². The lowest BCUT2D eigenvalue weighted by atomic mass is 10.1. The number of halogens is 2. The molecule has 146 valence electrons. The van der Waals surface area contributed by atoms with Crippen LogP contribution in [0.5, 0.6) is 17.2 Å². The molecule has 0 fully saturated rings. The Balaban J connectivity index is 2.24. The lowest BCUT2D eigenvalue weighted by Crippen LogP contribution is -2.24. The summed E-state index contributed by atoms with van der Waals surface area (Å²) < 4.78 is 17.8. The molecule has 2 aromatic rings. The van der Waals surface area contributed by atoms with Crippen LogP contribution in [0.2, 0.25) is 0 Å². The van der Waals surface area contributed by atoms with E-state index in [1.165, 1.54) is 6.08 Å². The van der Waals surface area contributed by atoms with Crippen LogP contribution in [0.1, 0.15) is 11.1 Å². The number of carbonyl (C=O) groups is 1. The Morgan fingerprint density at radius 2 is 1.89 bits per heavy atom. The Hall–Kier alpha value is -2.00. The standard InChI is InChI=1S/C20H18I2N2O4/c1-26-16-5-4-12(18(9-16)27-2)11-24-20(25)14(10-23)6-13-7-15(21)8-17(22)19(13)28-3/h4-9H,11H2,1-3H3,(H,24,25)/b14-6+. The largest absolute Gasteiger partial charge is 0.497 e. The first kappa shape index (κ1) is 22.3. The minimum Gasteiger partial charge on any atom is -0.497 e. The van der Waals surface area contributed by atoms with E-state index >= 15 is 0 Å². The molecule has 1 N–H and O–H groups in total. The highest BCUT2D eigenvalue weighted by Crippen LogP contribution is 2.30. The fourth-order valence-corrected chi connectivity index (χ4v) is 4.59. The number of nitrogens with one attached hydrogen (secondary N) is 1. The van der Waals surface area contributed by atoms with E-state index in [1.807, 2.05) is 18.2 Å². The quantitative estimate of drug-likeness (QED) is 0.292. The van der Waals surface area contributed by atoms with Crippen molar-refractivity contribution in [2.24, 2.45) is 0 Å². The fourth-order valence-electron chi connectivity index (χ4n) is 2.48. The third-order valence-electron chi connectivity index (χ3n) is 3.84.